The predicted molar refractivity (Wildman–Crippen MR) is 133 cm³/mol. The number of sulfonamides is 1. The Morgan fingerprint density at radius 1 is 1.03 bits per heavy atom. The number of nitrogens with zero attached hydrogens (tertiary/aromatic N) is 2. The van der Waals surface area contributed by atoms with Gasteiger partial charge in [0, 0.05) is 23.9 Å². The van der Waals surface area contributed by atoms with Crippen LogP contribution in [-0.2, 0) is 14.8 Å². The highest BCUT2D eigenvalue weighted by Crippen LogP contribution is 2.37. The molecule has 1 N–H and O–H groups in total. The first-order valence-corrected chi connectivity index (χ1v) is 12.4. The van der Waals surface area contributed by atoms with Crippen molar-refractivity contribution in [3.05, 3.63) is 70.8 Å². The summed E-state index contributed by atoms with van der Waals surface area (Å²) in [6.45, 7) is 0.0376. The van der Waals surface area contributed by atoms with Gasteiger partial charge in [0.15, 0.2) is 16.4 Å². The summed E-state index contributed by atoms with van der Waals surface area (Å²) in [5, 5.41) is 14.2. The molecule has 3 aromatic carbocycles. The van der Waals surface area contributed by atoms with Gasteiger partial charge in [-0.15, -0.1) is 0 Å². The number of nitrogens with one attached hydrogen (secondary N) is 1. The molecule has 0 saturated carbocycles. The first-order chi connectivity index (χ1) is 17.7. The lowest BCUT2D eigenvalue weighted by molar-refractivity contribution is -0.387. The van der Waals surface area contributed by atoms with Crippen molar-refractivity contribution in [2.24, 2.45) is 0 Å². The number of nitro benzene ring substituents is 1. The second kappa shape index (κ2) is 10.6. The Kier molecular flexibility index (Phi) is 7.34. The minimum absolute atomic E-state index is 0.0150. The van der Waals surface area contributed by atoms with Crippen molar-refractivity contribution < 1.29 is 37.1 Å². The normalized spacial score (nSPS) is 12.4. The van der Waals surface area contributed by atoms with Crippen LogP contribution in [0.1, 0.15) is 0 Å². The monoisotopic (exact) mass is 529 g/mol. The third-order valence-electron chi connectivity index (χ3n) is 5.40. The molecule has 1 aliphatic rings. The molecule has 13 heteroatoms. The summed E-state index contributed by atoms with van der Waals surface area (Å²) in [5.41, 5.74) is -0.301. The SMILES string of the molecule is COc1ccc(N(CC(=O)Nc2ccc3c(c2)OCCO3)S(=O)(=O)c2ccccc2[N+](=O)[O-])c(OC)c1. The number of carbonyl (C=O) groups excluding carboxylic acids is 1. The zero-order valence-corrected chi connectivity index (χ0v) is 20.7. The lowest BCUT2D eigenvalue weighted by atomic mass is 10.2. The molecule has 0 aliphatic carbocycles. The van der Waals surface area contributed by atoms with E-state index in [1.54, 1.807) is 18.2 Å². The highest BCUT2D eigenvalue weighted by Gasteiger charge is 2.34. The minimum Gasteiger partial charge on any atom is -0.497 e. The summed E-state index contributed by atoms with van der Waals surface area (Å²) < 4.78 is 49.8. The Morgan fingerprint density at radius 3 is 2.46 bits per heavy atom. The van der Waals surface area contributed by atoms with Gasteiger partial charge in [0.25, 0.3) is 15.7 Å². The molecule has 0 bridgehead atoms. The summed E-state index contributed by atoms with van der Waals surface area (Å²) >= 11 is 0. The van der Waals surface area contributed by atoms with E-state index in [9.17, 15) is 23.3 Å². The zero-order chi connectivity index (χ0) is 26.6. The molecule has 12 nitrogen and oxygen atoms in total. The Labute approximate surface area is 212 Å². The number of anilines is 2. The first-order valence-electron chi connectivity index (χ1n) is 10.9. The maximum atomic E-state index is 13.8. The van der Waals surface area contributed by atoms with Gasteiger partial charge in [-0.05, 0) is 30.3 Å². The van der Waals surface area contributed by atoms with Crippen molar-refractivity contribution in [2.75, 3.05) is 43.6 Å². The standard InChI is InChI=1S/C24H23N3O9S/c1-33-17-8-9-18(21(14-17)34-2)26(37(31,32)23-6-4-3-5-19(23)27(29)30)15-24(28)25-16-7-10-20-22(13-16)36-12-11-35-20/h3-10,13-14H,11-12,15H2,1-2H3,(H,25,28). The Hall–Kier alpha value is -4.52. The fourth-order valence-electron chi connectivity index (χ4n) is 3.69. The van der Waals surface area contributed by atoms with Gasteiger partial charge in [-0.3, -0.25) is 19.2 Å². The molecule has 0 fully saturated rings. The van der Waals surface area contributed by atoms with Gasteiger partial charge in [0.1, 0.15) is 31.3 Å². The summed E-state index contributed by atoms with van der Waals surface area (Å²) in [4.78, 5) is 23.3. The smallest absolute Gasteiger partial charge is 0.289 e. The second-order valence-corrected chi connectivity index (χ2v) is 9.51. The van der Waals surface area contributed by atoms with Crippen molar-refractivity contribution in [1.82, 2.24) is 0 Å². The van der Waals surface area contributed by atoms with Crippen LogP contribution in [0.4, 0.5) is 17.1 Å². The van der Waals surface area contributed by atoms with Crippen LogP contribution in [0.25, 0.3) is 0 Å². The van der Waals surface area contributed by atoms with E-state index in [2.05, 4.69) is 5.32 Å². The number of para-hydroxylation sites is 1. The van der Waals surface area contributed by atoms with Gasteiger partial charge < -0.3 is 24.3 Å². The molecule has 1 heterocycles. The van der Waals surface area contributed by atoms with Crippen molar-refractivity contribution >= 4 is 33.0 Å². The van der Waals surface area contributed by atoms with Crippen LogP contribution >= 0.6 is 0 Å². The number of methoxy groups -OCH3 is 2. The fourth-order valence-corrected chi connectivity index (χ4v) is 5.28. The Bertz CT molecular complexity index is 1440. The Balaban J connectivity index is 1.74. The molecule has 4 rings (SSSR count). The van der Waals surface area contributed by atoms with E-state index < -0.39 is 38.0 Å². The van der Waals surface area contributed by atoms with E-state index >= 15 is 0 Å². The molecule has 194 valence electrons. The molecular formula is C24H23N3O9S. The lowest BCUT2D eigenvalue weighted by Crippen LogP contribution is -2.38. The summed E-state index contributed by atoms with van der Waals surface area (Å²) in [7, 11) is -1.87. The molecular weight excluding hydrogens is 506 g/mol. The van der Waals surface area contributed by atoms with Gasteiger partial charge in [0.2, 0.25) is 5.91 Å². The van der Waals surface area contributed by atoms with Crippen LogP contribution in [0.3, 0.4) is 0 Å². The average molecular weight is 530 g/mol. The largest absolute Gasteiger partial charge is 0.497 e. The maximum absolute atomic E-state index is 13.8. The van der Waals surface area contributed by atoms with Gasteiger partial charge in [-0.1, -0.05) is 12.1 Å². The highest BCUT2D eigenvalue weighted by molar-refractivity contribution is 7.93. The molecule has 0 radical (unpaired) electrons. The summed E-state index contributed by atoms with van der Waals surface area (Å²) in [6.07, 6.45) is 0. The van der Waals surface area contributed by atoms with E-state index in [1.807, 2.05) is 0 Å². The van der Waals surface area contributed by atoms with Gasteiger partial charge in [-0.25, -0.2) is 8.42 Å². The van der Waals surface area contributed by atoms with E-state index in [-0.39, 0.29) is 11.4 Å². The molecule has 0 atom stereocenters. The van der Waals surface area contributed by atoms with Gasteiger partial charge in [0.05, 0.1) is 24.8 Å². The van der Waals surface area contributed by atoms with Crippen LogP contribution < -0.4 is 28.6 Å². The van der Waals surface area contributed by atoms with Gasteiger partial charge in [-0.2, -0.15) is 0 Å². The molecule has 1 amide bonds. The van der Waals surface area contributed by atoms with E-state index in [1.165, 1.54) is 44.6 Å². The zero-order valence-electron chi connectivity index (χ0n) is 19.9. The molecule has 0 aromatic heterocycles. The van der Waals surface area contributed by atoms with E-state index in [0.717, 1.165) is 16.4 Å². The van der Waals surface area contributed by atoms with Gasteiger partial charge >= 0.3 is 0 Å². The molecule has 37 heavy (non-hydrogen) atoms. The highest BCUT2D eigenvalue weighted by atomic mass is 32.2. The average Bonchev–Trinajstić information content (AvgIpc) is 2.91. The van der Waals surface area contributed by atoms with Crippen LogP contribution in [0.5, 0.6) is 23.0 Å². The number of hydrogen-bond donors (Lipinski definition) is 1. The molecule has 1 aliphatic heterocycles. The molecule has 0 spiro atoms. The number of ether oxygens (including phenoxy) is 4. The number of benzene rings is 3. The van der Waals surface area contributed by atoms with Crippen molar-refractivity contribution in [3.63, 3.8) is 0 Å². The van der Waals surface area contributed by atoms with Crippen LogP contribution in [0.15, 0.2) is 65.6 Å². The number of rotatable bonds is 9. The van der Waals surface area contributed by atoms with Crippen LogP contribution in [-0.4, -0.2) is 53.2 Å². The number of amides is 1. The molecule has 0 unspecified atom stereocenters. The summed E-state index contributed by atoms with van der Waals surface area (Å²) in [6, 6.07) is 14.0. The Morgan fingerprint density at radius 2 is 1.76 bits per heavy atom. The van der Waals surface area contributed by atoms with E-state index in [0.29, 0.717) is 36.1 Å². The molecule has 3 aromatic rings. The third-order valence-corrected chi connectivity index (χ3v) is 7.21. The minimum atomic E-state index is -4.62. The lowest BCUT2D eigenvalue weighted by Gasteiger charge is -2.26. The van der Waals surface area contributed by atoms with Crippen molar-refractivity contribution in [1.29, 1.82) is 0 Å². The quantitative estimate of drug-likeness (QED) is 0.326. The number of carbonyl (C=O) groups is 1. The second-order valence-electron chi connectivity index (χ2n) is 7.68. The maximum Gasteiger partial charge on any atom is 0.289 e. The number of fused-ring (bicyclic) bond motifs is 1. The third kappa shape index (κ3) is 5.35. The van der Waals surface area contributed by atoms with Crippen molar-refractivity contribution in [3.8, 4) is 23.0 Å². The van der Waals surface area contributed by atoms with Crippen molar-refractivity contribution in [2.45, 2.75) is 4.90 Å². The number of hydrogen-bond acceptors (Lipinski definition) is 9. The van der Waals surface area contributed by atoms with E-state index in [4.69, 9.17) is 18.9 Å². The summed E-state index contributed by atoms with van der Waals surface area (Å²) in [5.74, 6) is 0.702. The van der Waals surface area contributed by atoms with Crippen LogP contribution in [0.2, 0.25) is 0 Å². The van der Waals surface area contributed by atoms with Crippen LogP contribution in [0, 0.1) is 10.1 Å². The molecule has 0 saturated heterocycles. The first kappa shape index (κ1) is 25.6. The number of nitro groups is 1. The predicted octanol–water partition coefficient (Wildman–Crippen LogP) is 3.22. The fraction of sp³-hybridized carbons (Fsp3) is 0.208. The topological polar surface area (TPSA) is 147 Å².